The predicted octanol–water partition coefficient (Wildman–Crippen LogP) is 2.56. The van der Waals surface area contributed by atoms with Crippen LogP contribution >= 0.6 is 0 Å². The van der Waals surface area contributed by atoms with Crippen LogP contribution in [0.5, 0.6) is 17.2 Å². The molecule has 2 N–H and O–H groups in total. The Morgan fingerprint density at radius 1 is 1.04 bits per heavy atom. The van der Waals surface area contributed by atoms with Gasteiger partial charge in [0.1, 0.15) is 11.6 Å². The van der Waals surface area contributed by atoms with Crippen molar-refractivity contribution in [1.82, 2.24) is 15.3 Å². The second-order valence-electron chi connectivity index (χ2n) is 5.64. The lowest BCUT2D eigenvalue weighted by atomic mass is 10.2. The second kappa shape index (κ2) is 7.77. The third kappa shape index (κ3) is 3.72. The quantitative estimate of drug-likeness (QED) is 0.680. The highest BCUT2D eigenvalue weighted by atomic mass is 16.5. The van der Waals surface area contributed by atoms with Crippen molar-refractivity contribution < 1.29 is 19.0 Å². The first kappa shape index (κ1) is 17.6. The molecule has 0 saturated heterocycles. The summed E-state index contributed by atoms with van der Waals surface area (Å²) in [6.45, 7) is 0.462. The van der Waals surface area contributed by atoms with E-state index in [-0.39, 0.29) is 5.91 Å². The number of hydrogen-bond acceptors (Lipinski definition) is 5. The number of amides is 1. The molecule has 7 nitrogen and oxygen atoms in total. The molecule has 0 saturated carbocycles. The van der Waals surface area contributed by atoms with E-state index in [0.29, 0.717) is 30.0 Å². The molecule has 2 aromatic carbocycles. The number of benzene rings is 2. The highest BCUT2D eigenvalue weighted by Crippen LogP contribution is 2.27. The number of aromatic amines is 1. The van der Waals surface area contributed by atoms with E-state index in [1.165, 1.54) is 7.11 Å². The van der Waals surface area contributed by atoms with Crippen LogP contribution in [-0.4, -0.2) is 43.7 Å². The number of nitrogens with zero attached hydrogens (tertiary/aromatic N) is 1. The summed E-state index contributed by atoms with van der Waals surface area (Å²) in [6.07, 6.45) is 0.593. The van der Waals surface area contributed by atoms with Gasteiger partial charge in [0.25, 0.3) is 5.91 Å². The van der Waals surface area contributed by atoms with E-state index in [1.807, 2.05) is 18.2 Å². The molecule has 3 rings (SSSR count). The van der Waals surface area contributed by atoms with E-state index < -0.39 is 0 Å². The molecule has 1 heterocycles. The maximum atomic E-state index is 12.3. The number of rotatable bonds is 7. The lowest BCUT2D eigenvalue weighted by Gasteiger charge is -2.09. The molecular weight excluding hydrogens is 334 g/mol. The summed E-state index contributed by atoms with van der Waals surface area (Å²) in [5, 5.41) is 2.88. The number of carbonyl (C=O) groups is 1. The van der Waals surface area contributed by atoms with Gasteiger partial charge in [0.2, 0.25) is 0 Å². The number of nitrogens with one attached hydrogen (secondary N) is 2. The highest BCUT2D eigenvalue weighted by molar-refractivity contribution is 5.94. The van der Waals surface area contributed by atoms with E-state index in [2.05, 4.69) is 15.3 Å². The Kier molecular flexibility index (Phi) is 5.26. The van der Waals surface area contributed by atoms with Gasteiger partial charge >= 0.3 is 0 Å². The number of methoxy groups -OCH3 is 3. The Labute approximate surface area is 151 Å². The molecule has 0 spiro atoms. The zero-order valence-electron chi connectivity index (χ0n) is 15.0. The minimum Gasteiger partial charge on any atom is -0.497 e. The Hall–Kier alpha value is -3.22. The van der Waals surface area contributed by atoms with E-state index in [9.17, 15) is 4.79 Å². The van der Waals surface area contributed by atoms with Crippen LogP contribution in [-0.2, 0) is 6.42 Å². The molecule has 1 aromatic heterocycles. The van der Waals surface area contributed by atoms with Crippen LogP contribution in [0.15, 0.2) is 36.4 Å². The van der Waals surface area contributed by atoms with Gasteiger partial charge in [-0.05, 0) is 30.3 Å². The van der Waals surface area contributed by atoms with Crippen LogP contribution in [0.3, 0.4) is 0 Å². The average Bonchev–Trinajstić information content (AvgIpc) is 3.08. The van der Waals surface area contributed by atoms with Crippen LogP contribution in [0.2, 0.25) is 0 Å². The third-order valence-electron chi connectivity index (χ3n) is 4.03. The van der Waals surface area contributed by atoms with Gasteiger partial charge in [0.15, 0.2) is 11.5 Å². The van der Waals surface area contributed by atoms with Gasteiger partial charge in [-0.1, -0.05) is 0 Å². The minimum absolute atomic E-state index is 0.177. The SMILES string of the molecule is COc1ccc2nc(CCNC(=O)c3ccc(OC)c(OC)c3)[nH]c2c1. The fraction of sp³-hybridized carbons (Fsp3) is 0.263. The fourth-order valence-corrected chi connectivity index (χ4v) is 2.66. The van der Waals surface area contributed by atoms with Crippen molar-refractivity contribution >= 4 is 16.9 Å². The van der Waals surface area contributed by atoms with Gasteiger partial charge in [0.05, 0.1) is 32.4 Å². The lowest BCUT2D eigenvalue weighted by Crippen LogP contribution is -2.26. The molecule has 3 aromatic rings. The van der Waals surface area contributed by atoms with E-state index in [4.69, 9.17) is 14.2 Å². The number of carbonyl (C=O) groups excluding carboxylic acids is 1. The Bertz CT molecular complexity index is 920. The van der Waals surface area contributed by atoms with E-state index in [1.54, 1.807) is 32.4 Å². The van der Waals surface area contributed by atoms with Crippen molar-refractivity contribution in [1.29, 1.82) is 0 Å². The molecule has 0 bridgehead atoms. The van der Waals surface area contributed by atoms with Crippen LogP contribution in [0.4, 0.5) is 0 Å². The first-order chi connectivity index (χ1) is 12.6. The zero-order chi connectivity index (χ0) is 18.5. The summed E-state index contributed by atoms with van der Waals surface area (Å²) in [4.78, 5) is 20.1. The lowest BCUT2D eigenvalue weighted by molar-refractivity contribution is 0.0953. The summed E-state index contributed by atoms with van der Waals surface area (Å²) >= 11 is 0. The highest BCUT2D eigenvalue weighted by Gasteiger charge is 2.11. The third-order valence-corrected chi connectivity index (χ3v) is 4.03. The minimum atomic E-state index is -0.177. The van der Waals surface area contributed by atoms with Crippen LogP contribution in [0, 0.1) is 0 Å². The maximum Gasteiger partial charge on any atom is 0.251 e. The monoisotopic (exact) mass is 355 g/mol. The van der Waals surface area contributed by atoms with Crippen LogP contribution < -0.4 is 19.5 Å². The van der Waals surface area contributed by atoms with E-state index in [0.717, 1.165) is 22.6 Å². The molecule has 0 unspecified atom stereocenters. The number of imidazole rings is 1. The van der Waals surface area contributed by atoms with Gasteiger partial charge in [-0.3, -0.25) is 4.79 Å². The molecule has 0 fully saturated rings. The molecule has 0 atom stereocenters. The molecule has 136 valence electrons. The molecule has 0 aliphatic rings. The number of H-pyrrole nitrogens is 1. The maximum absolute atomic E-state index is 12.3. The Morgan fingerprint density at radius 3 is 2.58 bits per heavy atom. The number of ether oxygens (including phenoxy) is 3. The van der Waals surface area contributed by atoms with Crippen LogP contribution in [0.25, 0.3) is 11.0 Å². The standard InChI is InChI=1S/C19H21N3O4/c1-24-13-5-6-14-15(11-13)22-18(21-14)8-9-20-19(23)12-4-7-16(25-2)17(10-12)26-3/h4-7,10-11H,8-9H2,1-3H3,(H,20,23)(H,21,22). The molecule has 0 aliphatic carbocycles. The second-order valence-corrected chi connectivity index (χ2v) is 5.64. The van der Waals surface area contributed by atoms with Gasteiger partial charge in [-0.15, -0.1) is 0 Å². The topological polar surface area (TPSA) is 85.5 Å². The van der Waals surface area contributed by atoms with Crippen molar-refractivity contribution in [3.05, 3.63) is 47.8 Å². The largest absolute Gasteiger partial charge is 0.497 e. The molecule has 26 heavy (non-hydrogen) atoms. The first-order valence-corrected chi connectivity index (χ1v) is 8.17. The Balaban J connectivity index is 1.61. The van der Waals surface area contributed by atoms with Gasteiger partial charge in [0, 0.05) is 24.6 Å². The average molecular weight is 355 g/mol. The normalized spacial score (nSPS) is 10.6. The van der Waals surface area contributed by atoms with Crippen molar-refractivity contribution in [2.24, 2.45) is 0 Å². The fourth-order valence-electron chi connectivity index (χ4n) is 2.66. The number of fused-ring (bicyclic) bond motifs is 1. The summed E-state index contributed by atoms with van der Waals surface area (Å²) in [6, 6.07) is 10.7. The summed E-state index contributed by atoms with van der Waals surface area (Å²) in [5.74, 6) is 2.51. The van der Waals surface area contributed by atoms with Gasteiger partial charge < -0.3 is 24.5 Å². The van der Waals surface area contributed by atoms with Crippen molar-refractivity contribution in [3.63, 3.8) is 0 Å². The number of aromatic nitrogens is 2. The zero-order valence-corrected chi connectivity index (χ0v) is 15.0. The van der Waals surface area contributed by atoms with E-state index >= 15 is 0 Å². The smallest absolute Gasteiger partial charge is 0.251 e. The molecule has 0 aliphatic heterocycles. The van der Waals surface area contributed by atoms with Crippen molar-refractivity contribution in [2.75, 3.05) is 27.9 Å². The Morgan fingerprint density at radius 2 is 1.85 bits per heavy atom. The molecular formula is C19H21N3O4. The summed E-state index contributed by atoms with van der Waals surface area (Å²) in [7, 11) is 4.72. The molecule has 0 radical (unpaired) electrons. The molecule has 7 heteroatoms. The predicted molar refractivity (Wildman–Crippen MR) is 98.2 cm³/mol. The summed E-state index contributed by atoms with van der Waals surface area (Å²) in [5.41, 5.74) is 2.29. The van der Waals surface area contributed by atoms with Crippen molar-refractivity contribution in [2.45, 2.75) is 6.42 Å². The molecule has 1 amide bonds. The number of hydrogen-bond donors (Lipinski definition) is 2. The van der Waals surface area contributed by atoms with Gasteiger partial charge in [-0.25, -0.2) is 4.98 Å². The van der Waals surface area contributed by atoms with Crippen LogP contribution in [0.1, 0.15) is 16.2 Å². The summed E-state index contributed by atoms with van der Waals surface area (Å²) < 4.78 is 15.6. The first-order valence-electron chi connectivity index (χ1n) is 8.17. The van der Waals surface area contributed by atoms with Gasteiger partial charge in [-0.2, -0.15) is 0 Å². The van der Waals surface area contributed by atoms with Crippen molar-refractivity contribution in [3.8, 4) is 17.2 Å².